The van der Waals surface area contributed by atoms with E-state index in [0.29, 0.717) is 0 Å². The summed E-state index contributed by atoms with van der Waals surface area (Å²) in [4.78, 5) is 34.3. The molecule has 0 aromatic heterocycles. The molecule has 0 aliphatic carbocycles. The van der Waals surface area contributed by atoms with Crippen LogP contribution in [-0.2, 0) is 14.3 Å². The lowest BCUT2D eigenvalue weighted by Crippen LogP contribution is -2.48. The number of aliphatic hydroxyl groups is 1. The molecule has 0 radical (unpaired) electrons. The predicted octanol–water partition coefficient (Wildman–Crippen LogP) is -0.394. The van der Waals surface area contributed by atoms with Gasteiger partial charge in [-0.15, -0.1) is 0 Å². The number of nitrogens with zero attached hydrogens (tertiary/aromatic N) is 1. The standard InChI is InChI=1S/C8H11NO5S/c1-8(13,6(11)14-2)4-9-5(10)3-15-7(9)12/h13H,3-4H2,1-2H3. The number of carbonyl (C=O) groups excluding carboxylic acids is 3. The van der Waals surface area contributed by atoms with Crippen LogP contribution in [0.4, 0.5) is 4.79 Å². The third kappa shape index (κ3) is 2.48. The number of amides is 2. The Morgan fingerprint density at radius 3 is 2.67 bits per heavy atom. The van der Waals surface area contributed by atoms with E-state index in [9.17, 15) is 19.5 Å². The molecule has 1 fully saturated rings. The zero-order chi connectivity index (χ0) is 11.6. The molecule has 0 saturated carbocycles. The fourth-order valence-electron chi connectivity index (χ4n) is 1.13. The predicted molar refractivity (Wildman–Crippen MR) is 52.2 cm³/mol. The first-order valence-corrected chi connectivity index (χ1v) is 5.15. The third-order valence-corrected chi connectivity index (χ3v) is 2.79. The molecular formula is C8H11NO5S. The Bertz CT molecular complexity index is 298. The van der Waals surface area contributed by atoms with E-state index < -0.39 is 22.7 Å². The third-order valence-electron chi connectivity index (χ3n) is 1.93. The Kier molecular flexibility index (Phi) is 3.35. The molecule has 1 aliphatic heterocycles. The van der Waals surface area contributed by atoms with E-state index in [1.807, 2.05) is 0 Å². The normalized spacial score (nSPS) is 20.3. The van der Waals surface area contributed by atoms with Gasteiger partial charge in [0.2, 0.25) is 5.91 Å². The molecular weight excluding hydrogens is 222 g/mol. The Balaban J connectivity index is 2.72. The van der Waals surface area contributed by atoms with Gasteiger partial charge in [-0.2, -0.15) is 0 Å². The van der Waals surface area contributed by atoms with E-state index in [1.165, 1.54) is 6.92 Å². The van der Waals surface area contributed by atoms with E-state index in [0.717, 1.165) is 23.8 Å². The quantitative estimate of drug-likeness (QED) is 0.668. The van der Waals surface area contributed by atoms with Crippen molar-refractivity contribution in [1.29, 1.82) is 0 Å². The number of rotatable bonds is 3. The highest BCUT2D eigenvalue weighted by Gasteiger charge is 2.40. The van der Waals surface area contributed by atoms with Gasteiger partial charge in [0.05, 0.1) is 19.4 Å². The maximum absolute atomic E-state index is 11.2. The summed E-state index contributed by atoms with van der Waals surface area (Å²) in [6, 6.07) is 0. The highest BCUT2D eigenvalue weighted by atomic mass is 32.2. The van der Waals surface area contributed by atoms with Crippen molar-refractivity contribution in [2.75, 3.05) is 19.4 Å². The van der Waals surface area contributed by atoms with Gasteiger partial charge in [0, 0.05) is 0 Å². The number of esters is 1. The van der Waals surface area contributed by atoms with E-state index in [1.54, 1.807) is 0 Å². The molecule has 0 spiro atoms. The highest BCUT2D eigenvalue weighted by molar-refractivity contribution is 8.14. The first-order valence-electron chi connectivity index (χ1n) is 4.16. The van der Waals surface area contributed by atoms with Crippen molar-refractivity contribution >= 4 is 28.9 Å². The smallest absolute Gasteiger partial charge is 0.339 e. The van der Waals surface area contributed by atoms with Gasteiger partial charge in [0.1, 0.15) is 0 Å². The molecule has 7 heteroatoms. The van der Waals surface area contributed by atoms with E-state index in [-0.39, 0.29) is 12.3 Å². The zero-order valence-corrected chi connectivity index (χ0v) is 9.17. The van der Waals surface area contributed by atoms with E-state index >= 15 is 0 Å². The van der Waals surface area contributed by atoms with Gasteiger partial charge in [0.25, 0.3) is 5.24 Å². The van der Waals surface area contributed by atoms with Crippen LogP contribution in [0.15, 0.2) is 0 Å². The van der Waals surface area contributed by atoms with Crippen molar-refractivity contribution < 1.29 is 24.2 Å². The zero-order valence-electron chi connectivity index (χ0n) is 8.35. The molecule has 15 heavy (non-hydrogen) atoms. The summed E-state index contributed by atoms with van der Waals surface area (Å²) in [6.07, 6.45) is 0. The molecule has 1 saturated heterocycles. The Morgan fingerprint density at radius 1 is 1.67 bits per heavy atom. The SMILES string of the molecule is COC(=O)C(C)(O)CN1C(=O)CSC1=O. The average Bonchev–Trinajstić information content (AvgIpc) is 2.47. The van der Waals surface area contributed by atoms with Crippen LogP contribution in [0.25, 0.3) is 0 Å². The lowest BCUT2D eigenvalue weighted by molar-refractivity contribution is -0.162. The molecule has 6 nitrogen and oxygen atoms in total. The molecule has 1 N–H and O–H groups in total. The minimum atomic E-state index is -1.86. The number of hydrogen-bond donors (Lipinski definition) is 1. The minimum Gasteiger partial charge on any atom is -0.467 e. The number of β-amino-alcohol motifs (C(OH)–C–C–N with tert-alkyl or cyclic N) is 1. The van der Waals surface area contributed by atoms with Gasteiger partial charge >= 0.3 is 5.97 Å². The molecule has 1 atom stereocenters. The van der Waals surface area contributed by atoms with Crippen LogP contribution in [-0.4, -0.2) is 52.1 Å². The molecule has 0 bridgehead atoms. The fourth-order valence-corrected chi connectivity index (χ4v) is 1.85. The van der Waals surface area contributed by atoms with Crippen LogP contribution >= 0.6 is 11.8 Å². The Labute approximate surface area is 90.6 Å². The summed E-state index contributed by atoms with van der Waals surface area (Å²) < 4.78 is 4.35. The number of imide groups is 1. The molecule has 0 aromatic rings. The summed E-state index contributed by atoms with van der Waals surface area (Å²) in [7, 11) is 1.12. The van der Waals surface area contributed by atoms with Crippen molar-refractivity contribution in [2.45, 2.75) is 12.5 Å². The van der Waals surface area contributed by atoms with Crippen LogP contribution in [0.3, 0.4) is 0 Å². The van der Waals surface area contributed by atoms with Gasteiger partial charge < -0.3 is 9.84 Å². The topological polar surface area (TPSA) is 83.9 Å². The highest BCUT2D eigenvalue weighted by Crippen LogP contribution is 2.21. The average molecular weight is 233 g/mol. The van der Waals surface area contributed by atoms with Crippen LogP contribution in [0.2, 0.25) is 0 Å². The lowest BCUT2D eigenvalue weighted by Gasteiger charge is -2.24. The summed E-state index contributed by atoms with van der Waals surface area (Å²) in [6.45, 7) is 0.826. The second-order valence-corrected chi connectivity index (χ2v) is 4.23. The summed E-state index contributed by atoms with van der Waals surface area (Å²) in [5, 5.41) is 9.19. The van der Waals surface area contributed by atoms with Gasteiger partial charge in [-0.1, -0.05) is 11.8 Å². The summed E-state index contributed by atoms with van der Waals surface area (Å²) >= 11 is 0.848. The Morgan fingerprint density at radius 2 is 2.27 bits per heavy atom. The van der Waals surface area contributed by atoms with Gasteiger partial charge in [-0.3, -0.25) is 14.5 Å². The number of ether oxygens (including phenoxy) is 1. The Hall–Kier alpha value is -1.08. The maximum Gasteiger partial charge on any atom is 0.339 e. The minimum absolute atomic E-state index is 0.0517. The van der Waals surface area contributed by atoms with Gasteiger partial charge in [-0.25, -0.2) is 4.79 Å². The van der Waals surface area contributed by atoms with Crippen molar-refractivity contribution in [3.63, 3.8) is 0 Å². The van der Waals surface area contributed by atoms with Crippen molar-refractivity contribution in [3.05, 3.63) is 0 Å². The summed E-state index contributed by atoms with van der Waals surface area (Å²) in [5.41, 5.74) is -1.86. The van der Waals surface area contributed by atoms with E-state index in [2.05, 4.69) is 4.74 Å². The number of hydrogen-bond acceptors (Lipinski definition) is 6. The number of thioether (sulfide) groups is 1. The number of carbonyl (C=O) groups is 3. The van der Waals surface area contributed by atoms with Crippen molar-refractivity contribution in [2.24, 2.45) is 0 Å². The van der Waals surface area contributed by atoms with Crippen molar-refractivity contribution in [1.82, 2.24) is 4.90 Å². The first kappa shape index (κ1) is 12.0. The molecule has 1 rings (SSSR count). The fraction of sp³-hybridized carbons (Fsp3) is 0.625. The largest absolute Gasteiger partial charge is 0.467 e. The first-order chi connectivity index (χ1) is 6.88. The van der Waals surface area contributed by atoms with Gasteiger partial charge in [0.15, 0.2) is 5.60 Å². The molecule has 1 aliphatic rings. The molecule has 2 amide bonds. The maximum atomic E-state index is 11.2. The van der Waals surface area contributed by atoms with Crippen LogP contribution in [0, 0.1) is 0 Å². The van der Waals surface area contributed by atoms with Crippen LogP contribution in [0.1, 0.15) is 6.92 Å². The molecule has 1 unspecified atom stereocenters. The van der Waals surface area contributed by atoms with Crippen LogP contribution in [0.5, 0.6) is 0 Å². The molecule has 0 aromatic carbocycles. The second kappa shape index (κ2) is 4.19. The van der Waals surface area contributed by atoms with Crippen molar-refractivity contribution in [3.8, 4) is 0 Å². The summed E-state index contributed by atoms with van der Waals surface area (Å²) in [5.74, 6) is -1.23. The number of methoxy groups -OCH3 is 1. The van der Waals surface area contributed by atoms with Crippen LogP contribution < -0.4 is 0 Å². The second-order valence-electron chi connectivity index (χ2n) is 3.30. The molecule has 84 valence electrons. The lowest BCUT2D eigenvalue weighted by atomic mass is 10.1. The molecule has 1 heterocycles. The van der Waals surface area contributed by atoms with E-state index in [4.69, 9.17) is 0 Å². The van der Waals surface area contributed by atoms with Gasteiger partial charge in [-0.05, 0) is 6.92 Å². The monoisotopic (exact) mass is 233 g/mol.